The van der Waals surface area contributed by atoms with Crippen molar-refractivity contribution in [2.24, 2.45) is 0 Å². The molecule has 5 heteroatoms. The van der Waals surface area contributed by atoms with Crippen molar-refractivity contribution in [1.29, 1.82) is 0 Å². The fourth-order valence-electron chi connectivity index (χ4n) is 1.77. The first-order valence-electron chi connectivity index (χ1n) is 5.78. The zero-order valence-electron chi connectivity index (χ0n) is 10.9. The first-order chi connectivity index (χ1) is 9.56. The van der Waals surface area contributed by atoms with Gasteiger partial charge in [-0.3, -0.25) is 4.79 Å². The summed E-state index contributed by atoms with van der Waals surface area (Å²) >= 11 is 3.31. The second-order valence-electron chi connectivity index (χ2n) is 4.02. The van der Waals surface area contributed by atoms with E-state index in [1.807, 2.05) is 0 Å². The molecule has 0 bridgehead atoms. The van der Waals surface area contributed by atoms with Crippen molar-refractivity contribution in [2.45, 2.75) is 0 Å². The van der Waals surface area contributed by atoms with Crippen molar-refractivity contribution in [1.82, 2.24) is 0 Å². The third-order valence-corrected chi connectivity index (χ3v) is 3.52. The molecule has 0 atom stereocenters. The molecule has 104 valence electrons. The number of rotatable bonds is 4. The molecular formula is C15H12BrFO3. The molecule has 0 spiro atoms. The molecule has 2 aromatic carbocycles. The van der Waals surface area contributed by atoms with Gasteiger partial charge in [-0.15, -0.1) is 0 Å². The second-order valence-corrected chi connectivity index (χ2v) is 4.88. The van der Waals surface area contributed by atoms with Gasteiger partial charge in [0.1, 0.15) is 5.75 Å². The van der Waals surface area contributed by atoms with Crippen molar-refractivity contribution in [3.05, 3.63) is 57.8 Å². The highest BCUT2D eigenvalue weighted by Crippen LogP contribution is 2.26. The normalized spacial score (nSPS) is 10.2. The van der Waals surface area contributed by atoms with Crippen LogP contribution in [0.2, 0.25) is 0 Å². The first kappa shape index (κ1) is 14.5. The fraction of sp³-hybridized carbons (Fsp3) is 0.133. The van der Waals surface area contributed by atoms with E-state index in [2.05, 4.69) is 15.9 Å². The van der Waals surface area contributed by atoms with Crippen LogP contribution < -0.4 is 9.47 Å². The summed E-state index contributed by atoms with van der Waals surface area (Å²) in [4.78, 5) is 12.4. The van der Waals surface area contributed by atoms with Crippen LogP contribution in [-0.2, 0) is 0 Å². The summed E-state index contributed by atoms with van der Waals surface area (Å²) < 4.78 is 24.2. The number of hydrogen-bond donors (Lipinski definition) is 0. The smallest absolute Gasteiger partial charge is 0.194 e. The van der Waals surface area contributed by atoms with E-state index in [0.717, 1.165) is 6.07 Å². The minimum Gasteiger partial charge on any atom is -0.497 e. The Bertz CT molecular complexity index is 656. The van der Waals surface area contributed by atoms with Gasteiger partial charge in [0.2, 0.25) is 0 Å². The van der Waals surface area contributed by atoms with Crippen molar-refractivity contribution in [2.75, 3.05) is 14.2 Å². The van der Waals surface area contributed by atoms with E-state index in [1.54, 1.807) is 18.2 Å². The van der Waals surface area contributed by atoms with Gasteiger partial charge in [0.05, 0.1) is 14.2 Å². The Morgan fingerprint density at radius 1 is 1.10 bits per heavy atom. The predicted molar refractivity (Wildman–Crippen MR) is 77.1 cm³/mol. The van der Waals surface area contributed by atoms with Gasteiger partial charge >= 0.3 is 0 Å². The summed E-state index contributed by atoms with van der Waals surface area (Å²) in [5.74, 6) is -0.202. The molecule has 0 aliphatic heterocycles. The van der Waals surface area contributed by atoms with Crippen LogP contribution in [0.4, 0.5) is 4.39 Å². The summed E-state index contributed by atoms with van der Waals surface area (Å²) in [6.07, 6.45) is 0. The summed E-state index contributed by atoms with van der Waals surface area (Å²) in [5.41, 5.74) is 0.658. The van der Waals surface area contributed by atoms with E-state index < -0.39 is 5.82 Å². The molecule has 0 radical (unpaired) electrons. The van der Waals surface area contributed by atoms with Crippen LogP contribution in [0.25, 0.3) is 0 Å². The lowest BCUT2D eigenvalue weighted by atomic mass is 10.0. The van der Waals surface area contributed by atoms with E-state index in [4.69, 9.17) is 9.47 Å². The van der Waals surface area contributed by atoms with Gasteiger partial charge in [0.15, 0.2) is 17.3 Å². The van der Waals surface area contributed by atoms with Crippen molar-refractivity contribution in [3.8, 4) is 11.5 Å². The van der Waals surface area contributed by atoms with Crippen LogP contribution >= 0.6 is 15.9 Å². The number of ketones is 1. The molecular weight excluding hydrogens is 327 g/mol. The molecule has 0 amide bonds. The molecule has 0 saturated heterocycles. The van der Waals surface area contributed by atoms with Gasteiger partial charge < -0.3 is 9.47 Å². The quantitative estimate of drug-likeness (QED) is 0.794. The third kappa shape index (κ3) is 2.82. The number of hydrogen-bond acceptors (Lipinski definition) is 3. The summed E-state index contributed by atoms with van der Waals surface area (Å²) in [6, 6.07) is 9.16. The molecule has 0 fully saturated rings. The lowest BCUT2D eigenvalue weighted by molar-refractivity contribution is 0.103. The van der Waals surface area contributed by atoms with Crippen LogP contribution in [0.5, 0.6) is 11.5 Å². The first-order valence-corrected chi connectivity index (χ1v) is 6.58. The Labute approximate surface area is 124 Å². The van der Waals surface area contributed by atoms with Gasteiger partial charge in [0, 0.05) is 15.6 Å². The van der Waals surface area contributed by atoms with Gasteiger partial charge in [0.25, 0.3) is 0 Å². The van der Waals surface area contributed by atoms with Crippen LogP contribution in [0, 0.1) is 5.82 Å². The number of methoxy groups -OCH3 is 2. The number of benzene rings is 2. The van der Waals surface area contributed by atoms with Gasteiger partial charge in [-0.25, -0.2) is 4.39 Å². The van der Waals surface area contributed by atoms with Crippen LogP contribution in [0.3, 0.4) is 0 Å². The van der Waals surface area contributed by atoms with E-state index >= 15 is 0 Å². The van der Waals surface area contributed by atoms with Crippen molar-refractivity contribution in [3.63, 3.8) is 0 Å². The van der Waals surface area contributed by atoms with E-state index in [-0.39, 0.29) is 17.1 Å². The van der Waals surface area contributed by atoms with Crippen LogP contribution in [0.15, 0.2) is 40.9 Å². The fourth-order valence-corrected chi connectivity index (χ4v) is 2.20. The Morgan fingerprint density at radius 2 is 1.85 bits per heavy atom. The van der Waals surface area contributed by atoms with Gasteiger partial charge in [-0.05, 0) is 36.4 Å². The van der Waals surface area contributed by atoms with Gasteiger partial charge in [-0.1, -0.05) is 15.9 Å². The minimum atomic E-state index is -0.572. The summed E-state index contributed by atoms with van der Waals surface area (Å²) in [5, 5.41) is 0. The summed E-state index contributed by atoms with van der Waals surface area (Å²) in [6.45, 7) is 0. The lowest BCUT2D eigenvalue weighted by Gasteiger charge is -2.08. The van der Waals surface area contributed by atoms with Crippen molar-refractivity contribution < 1.29 is 18.7 Å². The zero-order chi connectivity index (χ0) is 14.7. The SMILES string of the molecule is COc1ccc(Br)c(C(=O)c2ccc(OC)c(F)c2)c1. The largest absolute Gasteiger partial charge is 0.497 e. The average Bonchev–Trinajstić information content (AvgIpc) is 2.47. The maximum absolute atomic E-state index is 13.7. The molecule has 0 saturated carbocycles. The molecule has 2 rings (SSSR count). The summed E-state index contributed by atoms with van der Waals surface area (Å²) in [7, 11) is 2.89. The monoisotopic (exact) mass is 338 g/mol. The van der Waals surface area contributed by atoms with E-state index in [9.17, 15) is 9.18 Å². The molecule has 0 aromatic heterocycles. The van der Waals surface area contributed by atoms with E-state index in [1.165, 1.54) is 26.4 Å². The highest BCUT2D eigenvalue weighted by atomic mass is 79.9. The Kier molecular flexibility index (Phi) is 4.39. The van der Waals surface area contributed by atoms with Crippen LogP contribution in [-0.4, -0.2) is 20.0 Å². The average molecular weight is 339 g/mol. The number of carbonyl (C=O) groups is 1. The topological polar surface area (TPSA) is 35.5 Å². The Morgan fingerprint density at radius 3 is 2.45 bits per heavy atom. The predicted octanol–water partition coefficient (Wildman–Crippen LogP) is 3.84. The molecule has 0 aliphatic carbocycles. The Hall–Kier alpha value is -1.88. The zero-order valence-corrected chi connectivity index (χ0v) is 12.5. The molecule has 2 aromatic rings. The Balaban J connectivity index is 2.43. The molecule has 0 unspecified atom stereocenters. The maximum Gasteiger partial charge on any atom is 0.194 e. The molecule has 20 heavy (non-hydrogen) atoms. The minimum absolute atomic E-state index is 0.103. The lowest BCUT2D eigenvalue weighted by Crippen LogP contribution is -2.04. The second kappa shape index (κ2) is 6.05. The third-order valence-electron chi connectivity index (χ3n) is 2.83. The van der Waals surface area contributed by atoms with Gasteiger partial charge in [-0.2, -0.15) is 0 Å². The molecule has 0 heterocycles. The highest BCUT2D eigenvalue weighted by Gasteiger charge is 2.15. The van der Waals surface area contributed by atoms with E-state index in [0.29, 0.717) is 15.8 Å². The number of carbonyl (C=O) groups excluding carboxylic acids is 1. The van der Waals surface area contributed by atoms with Crippen LogP contribution in [0.1, 0.15) is 15.9 Å². The maximum atomic E-state index is 13.7. The molecule has 0 N–H and O–H groups in total. The molecule has 3 nitrogen and oxygen atoms in total. The standard InChI is InChI=1S/C15H12BrFO3/c1-19-10-4-5-12(16)11(8-10)15(18)9-3-6-14(20-2)13(17)7-9/h3-8H,1-2H3. The number of ether oxygens (including phenoxy) is 2. The number of halogens is 2. The highest BCUT2D eigenvalue weighted by molar-refractivity contribution is 9.10. The van der Waals surface area contributed by atoms with Crippen molar-refractivity contribution >= 4 is 21.7 Å². The molecule has 0 aliphatic rings.